The van der Waals surface area contributed by atoms with E-state index in [0.29, 0.717) is 18.7 Å². The summed E-state index contributed by atoms with van der Waals surface area (Å²) in [5.74, 6) is -0.323. The molecule has 7 nitrogen and oxygen atoms in total. The van der Waals surface area contributed by atoms with Gasteiger partial charge in [0.2, 0.25) is 5.91 Å². The van der Waals surface area contributed by atoms with E-state index in [0.717, 1.165) is 12.8 Å². The first-order valence-corrected chi connectivity index (χ1v) is 13.5. The highest BCUT2D eigenvalue weighted by molar-refractivity contribution is 5.80. The molecule has 0 aliphatic rings. The molecule has 33 heavy (non-hydrogen) atoms. The molecule has 0 saturated carbocycles. The Balaban J connectivity index is 1.99. The van der Waals surface area contributed by atoms with Crippen LogP contribution in [0.1, 0.15) is 135 Å². The molecule has 1 amide bonds. The number of hydrogen-bond donors (Lipinski definition) is 1. The molecule has 0 fully saturated rings. The molecule has 1 rings (SSSR count). The van der Waals surface area contributed by atoms with Gasteiger partial charge in [0.05, 0.1) is 16.9 Å². The van der Waals surface area contributed by atoms with Gasteiger partial charge in [-0.1, -0.05) is 110 Å². The number of amides is 1. The molecule has 1 heterocycles. The molecule has 1 aromatic heterocycles. The lowest BCUT2D eigenvalue weighted by molar-refractivity contribution is -0.389. The number of nitro groups is 1. The summed E-state index contributed by atoms with van der Waals surface area (Å²) in [6.07, 6.45) is 21.8. The lowest BCUT2D eigenvalue weighted by atomic mass is 10.0. The molecular weight excluding hydrogens is 416 g/mol. The molecular formula is C26H48N4O3. The van der Waals surface area contributed by atoms with Crippen molar-refractivity contribution < 1.29 is 9.72 Å². The van der Waals surface area contributed by atoms with Crippen molar-refractivity contribution in [2.24, 2.45) is 0 Å². The van der Waals surface area contributed by atoms with Crippen LogP contribution in [0.5, 0.6) is 0 Å². The predicted octanol–water partition coefficient (Wildman–Crippen LogP) is 7.43. The number of nitrogens with one attached hydrogen (secondary N) is 1. The smallest absolute Gasteiger partial charge is 0.358 e. The van der Waals surface area contributed by atoms with E-state index in [2.05, 4.69) is 17.3 Å². The Morgan fingerprint density at radius 2 is 1.36 bits per heavy atom. The largest absolute Gasteiger partial charge is 0.390 e. The van der Waals surface area contributed by atoms with Crippen LogP contribution in [0.4, 0.5) is 5.82 Å². The minimum absolute atomic E-state index is 0.112. The zero-order valence-electron chi connectivity index (χ0n) is 21.4. The van der Waals surface area contributed by atoms with Gasteiger partial charge in [-0.25, -0.2) is 0 Å². The van der Waals surface area contributed by atoms with Gasteiger partial charge in [0.25, 0.3) is 0 Å². The lowest BCUT2D eigenvalue weighted by Crippen LogP contribution is -2.33. The summed E-state index contributed by atoms with van der Waals surface area (Å²) in [6.45, 7) is 6.56. The highest BCUT2D eigenvalue weighted by atomic mass is 16.6. The fourth-order valence-corrected chi connectivity index (χ4v) is 4.35. The van der Waals surface area contributed by atoms with E-state index in [1.54, 1.807) is 6.92 Å². The monoisotopic (exact) mass is 464 g/mol. The zero-order valence-corrected chi connectivity index (χ0v) is 21.4. The summed E-state index contributed by atoms with van der Waals surface area (Å²) in [7, 11) is 0. The highest BCUT2D eigenvalue weighted by Gasteiger charge is 2.26. The number of carbonyl (C=O) groups is 1. The van der Waals surface area contributed by atoms with Gasteiger partial charge in [0.15, 0.2) is 6.04 Å². The van der Waals surface area contributed by atoms with Crippen molar-refractivity contribution in [3.8, 4) is 0 Å². The predicted molar refractivity (Wildman–Crippen MR) is 136 cm³/mol. The number of rotatable bonds is 21. The maximum absolute atomic E-state index is 12.5. The van der Waals surface area contributed by atoms with Crippen LogP contribution in [0.15, 0.2) is 6.07 Å². The van der Waals surface area contributed by atoms with Gasteiger partial charge in [-0.05, 0) is 24.7 Å². The van der Waals surface area contributed by atoms with Gasteiger partial charge in [0.1, 0.15) is 0 Å². The fraction of sp³-hybridized carbons (Fsp3) is 0.846. The Kier molecular flexibility index (Phi) is 16.3. The van der Waals surface area contributed by atoms with Crippen LogP contribution in [-0.4, -0.2) is 27.2 Å². The first-order chi connectivity index (χ1) is 16.0. The van der Waals surface area contributed by atoms with Gasteiger partial charge >= 0.3 is 5.82 Å². The number of nitrogens with zero attached hydrogens (tertiary/aromatic N) is 3. The summed E-state index contributed by atoms with van der Waals surface area (Å²) in [6, 6.07) is 0.908. The van der Waals surface area contributed by atoms with E-state index >= 15 is 0 Å². The van der Waals surface area contributed by atoms with Crippen LogP contribution < -0.4 is 5.32 Å². The van der Waals surface area contributed by atoms with E-state index < -0.39 is 11.0 Å². The van der Waals surface area contributed by atoms with E-state index in [9.17, 15) is 14.9 Å². The molecule has 0 aliphatic carbocycles. The molecule has 0 aromatic carbocycles. The van der Waals surface area contributed by atoms with Crippen molar-refractivity contribution in [3.63, 3.8) is 0 Å². The summed E-state index contributed by atoms with van der Waals surface area (Å²) >= 11 is 0. The van der Waals surface area contributed by atoms with Crippen LogP contribution in [0.2, 0.25) is 0 Å². The van der Waals surface area contributed by atoms with Gasteiger partial charge in [-0.3, -0.25) is 4.79 Å². The molecule has 1 aromatic rings. The van der Waals surface area contributed by atoms with Gasteiger partial charge in [-0.2, -0.15) is 4.68 Å². The average molecular weight is 465 g/mol. The molecule has 0 saturated heterocycles. The standard InChI is InChI=1S/C26H48N4O3/c1-4-6-7-8-9-10-11-12-13-14-15-16-17-18-19-20-21-27-26(31)24(5-2)29-23(3)22-25(28-29)30(32)33/h22,24H,4-21H2,1-3H3,(H,27,31). The lowest BCUT2D eigenvalue weighted by Gasteiger charge is -2.14. The molecule has 0 bridgehead atoms. The molecule has 0 aliphatic heterocycles. The third-order valence-electron chi connectivity index (χ3n) is 6.41. The second-order valence-electron chi connectivity index (χ2n) is 9.36. The molecule has 7 heteroatoms. The van der Waals surface area contributed by atoms with Crippen molar-refractivity contribution in [2.75, 3.05) is 6.54 Å². The maximum atomic E-state index is 12.5. The quantitative estimate of drug-likeness (QED) is 0.116. The first kappa shape index (κ1) is 29.1. The maximum Gasteiger partial charge on any atom is 0.390 e. The minimum atomic E-state index is -0.523. The molecule has 0 radical (unpaired) electrons. The third-order valence-corrected chi connectivity index (χ3v) is 6.41. The Morgan fingerprint density at radius 1 is 0.909 bits per heavy atom. The summed E-state index contributed by atoms with van der Waals surface area (Å²) in [5, 5.41) is 17.9. The number of carbonyl (C=O) groups excluding carboxylic acids is 1. The minimum Gasteiger partial charge on any atom is -0.358 e. The zero-order chi connectivity index (χ0) is 24.3. The van der Waals surface area contributed by atoms with Crippen LogP contribution in [-0.2, 0) is 4.79 Å². The number of aryl methyl sites for hydroxylation is 1. The average Bonchev–Trinajstić information content (AvgIpc) is 3.18. The van der Waals surface area contributed by atoms with Gasteiger partial charge in [0, 0.05) is 6.54 Å². The number of hydrogen-bond acceptors (Lipinski definition) is 4. The topological polar surface area (TPSA) is 90.1 Å². The highest BCUT2D eigenvalue weighted by Crippen LogP contribution is 2.19. The van der Waals surface area contributed by atoms with Crippen LogP contribution in [0.25, 0.3) is 0 Å². The second-order valence-corrected chi connectivity index (χ2v) is 9.36. The Bertz CT molecular complexity index is 660. The number of aromatic nitrogens is 2. The summed E-state index contributed by atoms with van der Waals surface area (Å²) < 4.78 is 1.47. The van der Waals surface area contributed by atoms with Crippen LogP contribution in [0, 0.1) is 17.0 Å². The van der Waals surface area contributed by atoms with Crippen molar-refractivity contribution in [2.45, 2.75) is 136 Å². The summed E-state index contributed by atoms with van der Waals surface area (Å²) in [5.41, 5.74) is 0.631. The van der Waals surface area contributed by atoms with E-state index in [1.165, 1.54) is 101 Å². The Hall–Kier alpha value is -1.92. The Morgan fingerprint density at radius 3 is 1.76 bits per heavy atom. The molecule has 1 N–H and O–H groups in total. The second kappa shape index (κ2) is 18.5. The first-order valence-electron chi connectivity index (χ1n) is 13.5. The van der Waals surface area contributed by atoms with E-state index in [4.69, 9.17) is 0 Å². The number of unbranched alkanes of at least 4 members (excludes halogenated alkanes) is 15. The SMILES string of the molecule is CCCCCCCCCCCCCCCCCCNC(=O)C(CC)n1nc([N+](=O)[O-])cc1C. The molecule has 1 unspecified atom stereocenters. The fourth-order valence-electron chi connectivity index (χ4n) is 4.35. The van der Waals surface area contributed by atoms with Crippen molar-refractivity contribution in [1.29, 1.82) is 0 Å². The van der Waals surface area contributed by atoms with E-state index in [-0.39, 0.29) is 11.7 Å². The van der Waals surface area contributed by atoms with Crippen LogP contribution in [0.3, 0.4) is 0 Å². The van der Waals surface area contributed by atoms with E-state index in [1.807, 2.05) is 6.92 Å². The normalized spacial score (nSPS) is 12.1. The van der Waals surface area contributed by atoms with Crippen molar-refractivity contribution in [1.82, 2.24) is 15.1 Å². The molecule has 190 valence electrons. The van der Waals surface area contributed by atoms with Crippen LogP contribution >= 0.6 is 0 Å². The molecule has 1 atom stereocenters. The van der Waals surface area contributed by atoms with Gasteiger partial charge < -0.3 is 15.4 Å². The van der Waals surface area contributed by atoms with Gasteiger partial charge in [-0.15, -0.1) is 0 Å². The Labute approximate surface area is 201 Å². The third kappa shape index (κ3) is 12.8. The summed E-state index contributed by atoms with van der Waals surface area (Å²) in [4.78, 5) is 22.9. The van der Waals surface area contributed by atoms with Crippen molar-refractivity contribution in [3.05, 3.63) is 21.9 Å². The molecule has 0 spiro atoms. The van der Waals surface area contributed by atoms with Crippen molar-refractivity contribution >= 4 is 11.7 Å².